The summed E-state index contributed by atoms with van der Waals surface area (Å²) in [6.45, 7) is 0.657. The molecule has 0 radical (unpaired) electrons. The second kappa shape index (κ2) is 7.23. The Labute approximate surface area is 155 Å². The number of fused-ring (bicyclic) bond motifs is 1. The van der Waals surface area contributed by atoms with Crippen LogP contribution in [0.5, 0.6) is 0 Å². The Bertz CT molecular complexity index is 984. The monoisotopic (exact) mass is 366 g/mol. The number of Topliss-reactive ketones (excluding diaryl/α,β-unsaturated/α-hetero) is 1. The van der Waals surface area contributed by atoms with Crippen LogP contribution in [0.25, 0.3) is 10.9 Å². The third kappa shape index (κ3) is 3.43. The summed E-state index contributed by atoms with van der Waals surface area (Å²) in [7, 11) is 0. The molecule has 1 saturated heterocycles. The molecule has 0 saturated carbocycles. The molecule has 27 heavy (non-hydrogen) atoms. The number of benzene rings is 2. The van der Waals surface area contributed by atoms with E-state index in [1.165, 1.54) is 17.0 Å². The quantitative estimate of drug-likeness (QED) is 0.701. The van der Waals surface area contributed by atoms with Gasteiger partial charge in [-0.05, 0) is 36.6 Å². The zero-order valence-electron chi connectivity index (χ0n) is 14.7. The van der Waals surface area contributed by atoms with Gasteiger partial charge in [0.25, 0.3) is 0 Å². The smallest absolute Gasteiger partial charge is 0.410 e. The zero-order chi connectivity index (χ0) is 18.8. The highest BCUT2D eigenvalue weighted by Gasteiger charge is 2.36. The molecule has 5 nitrogen and oxygen atoms in total. The van der Waals surface area contributed by atoms with E-state index in [4.69, 9.17) is 4.74 Å². The van der Waals surface area contributed by atoms with Crippen LogP contribution in [0.2, 0.25) is 0 Å². The second-order valence-electron chi connectivity index (χ2n) is 6.65. The number of hydrogen-bond acceptors (Lipinski definition) is 3. The lowest BCUT2D eigenvalue weighted by atomic mass is 10.0. The zero-order valence-corrected chi connectivity index (χ0v) is 14.7. The van der Waals surface area contributed by atoms with E-state index in [9.17, 15) is 14.0 Å². The Hall–Kier alpha value is -3.15. The average Bonchev–Trinajstić information content (AvgIpc) is 3.33. The highest BCUT2D eigenvalue weighted by atomic mass is 19.1. The lowest BCUT2D eigenvalue weighted by Crippen LogP contribution is -2.40. The van der Waals surface area contributed by atoms with Crippen molar-refractivity contribution in [2.24, 2.45) is 0 Å². The van der Waals surface area contributed by atoms with E-state index in [1.807, 2.05) is 30.3 Å². The van der Waals surface area contributed by atoms with E-state index < -0.39 is 12.1 Å². The average molecular weight is 366 g/mol. The van der Waals surface area contributed by atoms with Crippen LogP contribution in [0.15, 0.2) is 54.7 Å². The lowest BCUT2D eigenvalue weighted by molar-refractivity contribution is 0.0739. The largest absolute Gasteiger partial charge is 0.445 e. The lowest BCUT2D eigenvalue weighted by Gasteiger charge is -2.23. The summed E-state index contributed by atoms with van der Waals surface area (Å²) in [5.41, 5.74) is 1.93. The van der Waals surface area contributed by atoms with Gasteiger partial charge in [-0.1, -0.05) is 30.3 Å². The van der Waals surface area contributed by atoms with Crippen LogP contribution in [0.1, 0.15) is 28.8 Å². The third-order valence-corrected chi connectivity index (χ3v) is 4.90. The number of H-pyrrole nitrogens is 1. The predicted octanol–water partition coefficient (Wildman–Crippen LogP) is 4.29. The molecule has 1 fully saturated rings. The molecule has 3 aromatic rings. The van der Waals surface area contributed by atoms with Crippen molar-refractivity contribution in [2.75, 3.05) is 6.54 Å². The van der Waals surface area contributed by atoms with Gasteiger partial charge < -0.3 is 9.72 Å². The van der Waals surface area contributed by atoms with Crippen molar-refractivity contribution in [2.45, 2.75) is 25.5 Å². The van der Waals surface area contributed by atoms with Crippen molar-refractivity contribution < 1.29 is 18.7 Å². The molecule has 6 heteroatoms. The van der Waals surface area contributed by atoms with Gasteiger partial charge >= 0.3 is 6.09 Å². The minimum absolute atomic E-state index is 0.151. The number of carbonyl (C=O) groups is 2. The number of carbonyl (C=O) groups excluding carboxylic acids is 2. The topological polar surface area (TPSA) is 62.4 Å². The van der Waals surface area contributed by atoms with Gasteiger partial charge in [0.05, 0.1) is 6.04 Å². The number of aromatic amines is 1. The number of nitrogens with one attached hydrogen (secondary N) is 1. The number of rotatable bonds is 4. The minimum atomic E-state index is -0.558. The van der Waals surface area contributed by atoms with Crippen molar-refractivity contribution in [3.05, 3.63) is 71.7 Å². The molecule has 1 unspecified atom stereocenters. The van der Waals surface area contributed by atoms with Crippen molar-refractivity contribution in [3.8, 4) is 0 Å². The van der Waals surface area contributed by atoms with Gasteiger partial charge in [0, 0.05) is 29.2 Å². The number of likely N-dealkylation sites (tertiary alicyclic amines) is 1. The molecular formula is C21H19FN2O3. The molecule has 0 aliphatic carbocycles. The molecule has 0 bridgehead atoms. The molecule has 2 heterocycles. The molecule has 1 aromatic heterocycles. The Morgan fingerprint density at radius 2 is 2.00 bits per heavy atom. The van der Waals surface area contributed by atoms with E-state index in [1.54, 1.807) is 12.3 Å². The molecule has 1 atom stereocenters. The number of halogens is 1. The van der Waals surface area contributed by atoms with Gasteiger partial charge in [-0.15, -0.1) is 0 Å². The predicted molar refractivity (Wildman–Crippen MR) is 98.9 cm³/mol. The number of ketones is 1. The highest BCUT2D eigenvalue weighted by molar-refractivity contribution is 6.11. The van der Waals surface area contributed by atoms with E-state index >= 15 is 0 Å². The molecule has 1 N–H and O–H groups in total. The maximum atomic E-state index is 13.4. The number of hydrogen-bond donors (Lipinski definition) is 1. The fraction of sp³-hybridized carbons (Fsp3) is 0.238. The van der Waals surface area contributed by atoms with Gasteiger partial charge in [0.15, 0.2) is 5.78 Å². The van der Waals surface area contributed by atoms with Crippen LogP contribution in [-0.2, 0) is 11.3 Å². The number of ether oxygens (including phenoxy) is 1. The maximum absolute atomic E-state index is 13.4. The van der Waals surface area contributed by atoms with Crippen LogP contribution in [0, 0.1) is 5.82 Å². The first kappa shape index (κ1) is 17.3. The molecule has 1 aliphatic heterocycles. The first-order chi connectivity index (χ1) is 13.1. The van der Waals surface area contributed by atoms with Gasteiger partial charge in [0.2, 0.25) is 0 Å². The number of aromatic nitrogens is 1. The van der Waals surface area contributed by atoms with Crippen LogP contribution in [0.4, 0.5) is 9.18 Å². The molecule has 4 rings (SSSR count). The van der Waals surface area contributed by atoms with Crippen molar-refractivity contribution in [3.63, 3.8) is 0 Å². The van der Waals surface area contributed by atoms with E-state index in [0.717, 1.165) is 12.0 Å². The van der Waals surface area contributed by atoms with Crippen molar-refractivity contribution >= 4 is 22.8 Å². The normalized spacial score (nSPS) is 16.6. The van der Waals surface area contributed by atoms with Gasteiger partial charge in [-0.25, -0.2) is 9.18 Å². The fourth-order valence-electron chi connectivity index (χ4n) is 3.54. The summed E-state index contributed by atoms with van der Waals surface area (Å²) in [6.07, 6.45) is 2.43. The first-order valence-corrected chi connectivity index (χ1v) is 8.91. The number of amides is 1. The van der Waals surface area contributed by atoms with Gasteiger partial charge in [0.1, 0.15) is 12.4 Å². The maximum Gasteiger partial charge on any atom is 0.410 e. The number of nitrogens with zero attached hydrogens (tertiary/aromatic N) is 1. The van der Waals surface area contributed by atoms with Crippen molar-refractivity contribution in [1.29, 1.82) is 0 Å². The summed E-state index contributed by atoms with van der Waals surface area (Å²) in [4.78, 5) is 30.0. The fourth-order valence-corrected chi connectivity index (χ4v) is 3.54. The Balaban J connectivity index is 1.50. The van der Waals surface area contributed by atoms with Crippen LogP contribution in [0.3, 0.4) is 0 Å². The van der Waals surface area contributed by atoms with Gasteiger partial charge in [-0.3, -0.25) is 9.69 Å². The summed E-state index contributed by atoms with van der Waals surface area (Å²) in [5.74, 6) is -0.516. The van der Waals surface area contributed by atoms with Crippen LogP contribution < -0.4 is 0 Å². The SMILES string of the molecule is O=C(c1c[nH]c2cc(F)ccc12)C1CCCN1C(=O)OCc1ccccc1. The minimum Gasteiger partial charge on any atom is -0.445 e. The standard InChI is InChI=1S/C21H19FN2O3/c22-15-8-9-16-17(12-23-18(16)11-15)20(25)19-7-4-10-24(19)21(26)27-13-14-5-2-1-3-6-14/h1-3,5-6,8-9,11-12,19,23H,4,7,10,13H2. The van der Waals surface area contributed by atoms with Crippen molar-refractivity contribution in [1.82, 2.24) is 9.88 Å². The van der Waals surface area contributed by atoms with Crippen LogP contribution >= 0.6 is 0 Å². The Morgan fingerprint density at radius 3 is 2.81 bits per heavy atom. The van der Waals surface area contributed by atoms with Crippen LogP contribution in [-0.4, -0.2) is 34.3 Å². The molecule has 1 amide bonds. The second-order valence-corrected chi connectivity index (χ2v) is 6.65. The molecule has 1 aliphatic rings. The summed E-state index contributed by atoms with van der Waals surface area (Å²) >= 11 is 0. The first-order valence-electron chi connectivity index (χ1n) is 8.91. The third-order valence-electron chi connectivity index (χ3n) is 4.90. The van der Waals surface area contributed by atoms with Gasteiger partial charge in [-0.2, -0.15) is 0 Å². The summed E-state index contributed by atoms with van der Waals surface area (Å²) in [5, 5.41) is 0.658. The molecular weight excluding hydrogens is 347 g/mol. The highest BCUT2D eigenvalue weighted by Crippen LogP contribution is 2.26. The van der Waals surface area contributed by atoms with E-state index in [0.29, 0.717) is 29.4 Å². The molecule has 0 spiro atoms. The molecule has 138 valence electrons. The molecule has 2 aromatic carbocycles. The van der Waals surface area contributed by atoms with E-state index in [2.05, 4.69) is 4.98 Å². The van der Waals surface area contributed by atoms with E-state index in [-0.39, 0.29) is 18.2 Å². The summed E-state index contributed by atoms with van der Waals surface area (Å²) in [6, 6.07) is 13.1. The Kier molecular flexibility index (Phi) is 4.62. The summed E-state index contributed by atoms with van der Waals surface area (Å²) < 4.78 is 18.8. The Morgan fingerprint density at radius 1 is 1.19 bits per heavy atom.